The SMILES string of the molecule is CC1=C(C(=O)OCc2ccccc2)[C@@H](c2cn(-c3ccccc3)nc2-c2cccc([N+](=O)[O-])c2)NC(=O)N1. The van der Waals surface area contributed by atoms with Gasteiger partial charge in [0, 0.05) is 35.2 Å². The van der Waals surface area contributed by atoms with Crippen LogP contribution in [0.3, 0.4) is 0 Å². The first-order valence-electron chi connectivity index (χ1n) is 11.8. The smallest absolute Gasteiger partial charge is 0.338 e. The summed E-state index contributed by atoms with van der Waals surface area (Å²) in [5.74, 6) is -0.610. The fraction of sp³-hybridized carbons (Fsp3) is 0.107. The van der Waals surface area contributed by atoms with Crippen molar-refractivity contribution in [3.8, 4) is 16.9 Å². The molecule has 10 nitrogen and oxygen atoms in total. The molecule has 0 saturated heterocycles. The molecule has 0 radical (unpaired) electrons. The largest absolute Gasteiger partial charge is 0.457 e. The number of amides is 2. The topological polar surface area (TPSA) is 128 Å². The zero-order valence-electron chi connectivity index (χ0n) is 20.3. The Bertz CT molecular complexity index is 1550. The van der Waals surface area contributed by atoms with Crippen molar-refractivity contribution in [1.29, 1.82) is 0 Å². The number of nitrogens with one attached hydrogen (secondary N) is 2. The van der Waals surface area contributed by atoms with Crippen molar-refractivity contribution in [3.05, 3.63) is 124 Å². The average molecular weight is 510 g/mol. The number of nitro benzene ring substituents is 1. The molecule has 5 rings (SSSR count). The van der Waals surface area contributed by atoms with Gasteiger partial charge in [-0.25, -0.2) is 14.3 Å². The van der Waals surface area contributed by atoms with Gasteiger partial charge in [0.25, 0.3) is 5.69 Å². The van der Waals surface area contributed by atoms with Gasteiger partial charge in [-0.2, -0.15) is 5.10 Å². The van der Waals surface area contributed by atoms with Crippen molar-refractivity contribution in [2.45, 2.75) is 19.6 Å². The predicted molar refractivity (Wildman–Crippen MR) is 139 cm³/mol. The molecule has 4 aromatic rings. The maximum absolute atomic E-state index is 13.4. The van der Waals surface area contributed by atoms with Crippen LogP contribution in [0.4, 0.5) is 10.5 Å². The minimum Gasteiger partial charge on any atom is -0.457 e. The molecular formula is C28H23N5O5. The van der Waals surface area contributed by atoms with E-state index < -0.39 is 23.0 Å². The Balaban J connectivity index is 1.60. The Hall–Kier alpha value is -5.25. The summed E-state index contributed by atoms with van der Waals surface area (Å²) in [6.07, 6.45) is 1.71. The number of benzene rings is 3. The van der Waals surface area contributed by atoms with Crippen molar-refractivity contribution in [1.82, 2.24) is 20.4 Å². The Morgan fingerprint density at radius 3 is 2.47 bits per heavy atom. The number of para-hydroxylation sites is 1. The lowest BCUT2D eigenvalue weighted by molar-refractivity contribution is -0.384. The maximum atomic E-state index is 13.4. The third-order valence-electron chi connectivity index (χ3n) is 6.11. The highest BCUT2D eigenvalue weighted by Gasteiger charge is 2.35. The third kappa shape index (κ3) is 5.00. The molecule has 1 aliphatic heterocycles. The van der Waals surface area contributed by atoms with Crippen molar-refractivity contribution < 1.29 is 19.2 Å². The molecule has 2 amide bonds. The van der Waals surface area contributed by atoms with Gasteiger partial charge in [0.05, 0.1) is 27.9 Å². The normalized spacial score (nSPS) is 15.0. The van der Waals surface area contributed by atoms with E-state index in [1.165, 1.54) is 12.1 Å². The van der Waals surface area contributed by atoms with Crippen LogP contribution in [0.25, 0.3) is 16.9 Å². The number of carbonyl (C=O) groups is 2. The molecule has 0 unspecified atom stereocenters. The molecule has 38 heavy (non-hydrogen) atoms. The lowest BCUT2D eigenvalue weighted by atomic mass is 9.93. The van der Waals surface area contributed by atoms with Crippen LogP contribution in [0.2, 0.25) is 0 Å². The summed E-state index contributed by atoms with van der Waals surface area (Å²) in [4.78, 5) is 36.9. The first kappa shape index (κ1) is 24.4. The maximum Gasteiger partial charge on any atom is 0.338 e. The number of esters is 1. The zero-order chi connectivity index (χ0) is 26.6. The van der Waals surface area contributed by atoms with Gasteiger partial charge in [-0.1, -0.05) is 60.7 Å². The highest BCUT2D eigenvalue weighted by Crippen LogP contribution is 2.36. The van der Waals surface area contributed by atoms with Gasteiger partial charge >= 0.3 is 12.0 Å². The van der Waals surface area contributed by atoms with Crippen molar-refractivity contribution in [3.63, 3.8) is 0 Å². The molecule has 2 N–H and O–H groups in total. The number of carbonyl (C=O) groups excluding carboxylic acids is 2. The molecule has 3 aromatic carbocycles. The molecule has 0 fully saturated rings. The van der Waals surface area contributed by atoms with Crippen molar-refractivity contribution in [2.75, 3.05) is 0 Å². The minimum atomic E-state index is -0.918. The fourth-order valence-corrected chi connectivity index (χ4v) is 4.30. The highest BCUT2D eigenvalue weighted by atomic mass is 16.6. The molecule has 190 valence electrons. The predicted octanol–water partition coefficient (Wildman–Crippen LogP) is 4.82. The van der Waals surface area contributed by atoms with Crippen LogP contribution in [0.1, 0.15) is 24.1 Å². The fourth-order valence-electron chi connectivity index (χ4n) is 4.30. The van der Waals surface area contributed by atoms with Gasteiger partial charge in [-0.3, -0.25) is 10.1 Å². The Kier molecular flexibility index (Phi) is 6.68. The summed E-state index contributed by atoms with van der Waals surface area (Å²) < 4.78 is 7.22. The highest BCUT2D eigenvalue weighted by molar-refractivity contribution is 5.95. The van der Waals surface area contributed by atoms with E-state index >= 15 is 0 Å². The molecule has 1 aliphatic rings. The first-order chi connectivity index (χ1) is 18.4. The number of non-ortho nitro benzene ring substituents is 1. The van der Waals surface area contributed by atoms with Crippen LogP contribution in [0.15, 0.2) is 102 Å². The van der Waals surface area contributed by atoms with Gasteiger partial charge < -0.3 is 15.4 Å². The van der Waals surface area contributed by atoms with E-state index in [9.17, 15) is 19.7 Å². The molecule has 2 heterocycles. The molecule has 10 heteroatoms. The van der Waals surface area contributed by atoms with Crippen LogP contribution >= 0.6 is 0 Å². The number of nitrogens with zero attached hydrogens (tertiary/aromatic N) is 3. The summed E-state index contributed by atoms with van der Waals surface area (Å²) >= 11 is 0. The van der Waals surface area contributed by atoms with E-state index in [0.717, 1.165) is 11.3 Å². The van der Waals surface area contributed by atoms with Crippen molar-refractivity contribution >= 4 is 17.7 Å². The van der Waals surface area contributed by atoms with Gasteiger partial charge in [0.2, 0.25) is 0 Å². The van der Waals surface area contributed by atoms with Crippen LogP contribution in [-0.2, 0) is 16.1 Å². The van der Waals surface area contributed by atoms with E-state index in [4.69, 9.17) is 9.84 Å². The molecule has 0 bridgehead atoms. The third-order valence-corrected chi connectivity index (χ3v) is 6.11. The van der Waals surface area contributed by atoms with Crippen LogP contribution < -0.4 is 10.6 Å². The van der Waals surface area contributed by atoms with E-state index in [1.807, 2.05) is 60.7 Å². The van der Waals surface area contributed by atoms with Crippen LogP contribution in [0.5, 0.6) is 0 Å². The Morgan fingerprint density at radius 2 is 1.76 bits per heavy atom. The second kappa shape index (κ2) is 10.4. The minimum absolute atomic E-state index is 0.0537. The van der Waals surface area contributed by atoms with E-state index in [0.29, 0.717) is 22.5 Å². The number of hydrogen-bond donors (Lipinski definition) is 2. The second-order valence-electron chi connectivity index (χ2n) is 8.65. The molecule has 1 atom stereocenters. The molecule has 0 spiro atoms. The summed E-state index contributed by atoms with van der Waals surface area (Å²) in [5, 5.41) is 21.6. The average Bonchev–Trinajstić information content (AvgIpc) is 3.38. The number of nitro groups is 1. The van der Waals surface area contributed by atoms with Gasteiger partial charge in [-0.05, 0) is 24.6 Å². The molecule has 0 aliphatic carbocycles. The van der Waals surface area contributed by atoms with E-state index in [-0.39, 0.29) is 17.9 Å². The van der Waals surface area contributed by atoms with Crippen LogP contribution in [-0.4, -0.2) is 26.7 Å². The summed E-state index contributed by atoms with van der Waals surface area (Å²) in [7, 11) is 0. The number of ether oxygens (including phenoxy) is 1. The van der Waals surface area contributed by atoms with Crippen molar-refractivity contribution in [2.24, 2.45) is 0 Å². The number of aromatic nitrogens is 2. The van der Waals surface area contributed by atoms with E-state index in [2.05, 4.69) is 10.6 Å². The lowest BCUT2D eigenvalue weighted by Crippen LogP contribution is -2.45. The summed E-state index contributed by atoms with van der Waals surface area (Å²) in [6, 6.07) is 23.2. The zero-order valence-corrected chi connectivity index (χ0v) is 20.3. The Morgan fingerprint density at radius 1 is 1.05 bits per heavy atom. The van der Waals surface area contributed by atoms with Crippen LogP contribution in [0, 0.1) is 10.1 Å². The van der Waals surface area contributed by atoms with Gasteiger partial charge in [0.1, 0.15) is 6.61 Å². The second-order valence-corrected chi connectivity index (χ2v) is 8.65. The summed E-state index contributed by atoms with van der Waals surface area (Å²) in [6.45, 7) is 1.68. The quantitative estimate of drug-likeness (QED) is 0.209. The number of hydrogen-bond acceptors (Lipinski definition) is 6. The van der Waals surface area contributed by atoms with Gasteiger partial charge in [-0.15, -0.1) is 0 Å². The number of allylic oxidation sites excluding steroid dienone is 1. The first-order valence-corrected chi connectivity index (χ1v) is 11.8. The number of rotatable bonds is 7. The molecule has 1 aromatic heterocycles. The number of urea groups is 1. The molecule has 0 saturated carbocycles. The van der Waals surface area contributed by atoms with E-state index in [1.54, 1.807) is 29.9 Å². The monoisotopic (exact) mass is 509 g/mol. The summed E-state index contributed by atoms with van der Waals surface area (Å²) in [5.41, 5.74) is 3.32. The molecular weight excluding hydrogens is 486 g/mol. The lowest BCUT2D eigenvalue weighted by Gasteiger charge is -2.28. The Labute approximate surface area is 217 Å². The standard InChI is InChI=1S/C28H23N5O5/c1-18-24(27(34)38-17-19-9-4-2-5-10-19)26(30-28(35)29-18)23-16-32(21-12-6-3-7-13-21)31-25(23)20-11-8-14-22(15-20)33(36)37/h2-16,26H,17H2,1H3,(H2,29,30,35)/t26-/m1/s1. The van der Waals surface area contributed by atoms with Gasteiger partial charge in [0.15, 0.2) is 0 Å².